The van der Waals surface area contributed by atoms with Crippen LogP contribution in [-0.2, 0) is 0 Å². The Labute approximate surface area is 110 Å². The fraction of sp³-hybridized carbons (Fsp3) is 0.600. The molecule has 0 amide bonds. The van der Waals surface area contributed by atoms with Gasteiger partial charge in [0.15, 0.2) is 0 Å². The van der Waals surface area contributed by atoms with Crippen LogP contribution < -0.4 is 5.32 Å². The smallest absolute Gasteiger partial charge is 0.0181 e. The molecular weight excluding hydrogens is 226 g/mol. The lowest BCUT2D eigenvalue weighted by molar-refractivity contribution is 0.465. The van der Waals surface area contributed by atoms with Crippen LogP contribution in [0.2, 0.25) is 0 Å². The second kappa shape index (κ2) is 7.07. The highest BCUT2D eigenvalue weighted by molar-refractivity contribution is 7.99. The molecule has 0 radical (unpaired) electrons. The van der Waals surface area contributed by atoms with Gasteiger partial charge < -0.3 is 5.32 Å². The molecule has 2 heteroatoms. The summed E-state index contributed by atoms with van der Waals surface area (Å²) in [6.45, 7) is 9.00. The molecular formula is C15H25NS. The van der Waals surface area contributed by atoms with Crippen LogP contribution in [-0.4, -0.2) is 18.8 Å². The molecule has 0 saturated carbocycles. The first kappa shape index (κ1) is 14.6. The van der Waals surface area contributed by atoms with Crippen molar-refractivity contribution in [2.24, 2.45) is 5.92 Å². The summed E-state index contributed by atoms with van der Waals surface area (Å²) >= 11 is 1.94. The maximum atomic E-state index is 3.38. The molecule has 0 bridgehead atoms. The van der Waals surface area contributed by atoms with Crippen LogP contribution in [0.25, 0.3) is 0 Å². The van der Waals surface area contributed by atoms with Crippen LogP contribution in [0.4, 0.5) is 0 Å². The maximum absolute atomic E-state index is 3.38. The van der Waals surface area contributed by atoms with Crippen LogP contribution in [0.15, 0.2) is 29.2 Å². The van der Waals surface area contributed by atoms with Gasteiger partial charge >= 0.3 is 0 Å². The molecule has 1 rings (SSSR count). The normalized spacial score (nSPS) is 13.4. The van der Waals surface area contributed by atoms with E-state index in [2.05, 4.69) is 57.3 Å². The monoisotopic (exact) mass is 251 g/mol. The molecule has 96 valence electrons. The molecule has 1 unspecified atom stereocenters. The topological polar surface area (TPSA) is 12.0 Å². The average molecular weight is 251 g/mol. The Morgan fingerprint density at radius 1 is 1.06 bits per heavy atom. The van der Waals surface area contributed by atoms with Gasteiger partial charge in [-0.15, -0.1) is 11.8 Å². The van der Waals surface area contributed by atoms with Crippen LogP contribution in [0.5, 0.6) is 0 Å². The first-order chi connectivity index (χ1) is 8.04. The van der Waals surface area contributed by atoms with Crippen molar-refractivity contribution in [1.82, 2.24) is 5.32 Å². The minimum absolute atomic E-state index is 0.588. The number of rotatable bonds is 6. The summed E-state index contributed by atoms with van der Waals surface area (Å²) in [4.78, 5) is 1.37. The molecule has 1 aromatic carbocycles. The van der Waals surface area contributed by atoms with Gasteiger partial charge in [-0.05, 0) is 36.6 Å². The Hall–Kier alpha value is -0.470. The molecule has 0 saturated heterocycles. The van der Waals surface area contributed by atoms with Gasteiger partial charge in [-0.3, -0.25) is 0 Å². The molecule has 0 aliphatic heterocycles. The van der Waals surface area contributed by atoms with E-state index in [9.17, 15) is 0 Å². The van der Waals surface area contributed by atoms with Gasteiger partial charge in [-0.25, -0.2) is 0 Å². The Morgan fingerprint density at radius 2 is 1.65 bits per heavy atom. The van der Waals surface area contributed by atoms with Crippen molar-refractivity contribution in [2.75, 3.05) is 12.8 Å². The molecule has 0 spiro atoms. The van der Waals surface area contributed by atoms with E-state index in [0.717, 1.165) is 5.75 Å². The lowest BCUT2D eigenvalue weighted by Gasteiger charge is -2.19. The van der Waals surface area contributed by atoms with Crippen molar-refractivity contribution in [3.63, 3.8) is 0 Å². The summed E-state index contributed by atoms with van der Waals surface area (Å²) in [7, 11) is 2.05. The summed E-state index contributed by atoms with van der Waals surface area (Å²) in [5, 5.41) is 3.38. The zero-order valence-electron chi connectivity index (χ0n) is 11.7. The van der Waals surface area contributed by atoms with Crippen molar-refractivity contribution < 1.29 is 0 Å². The minimum Gasteiger partial charge on any atom is -0.316 e. The van der Waals surface area contributed by atoms with E-state index in [1.54, 1.807) is 0 Å². The highest BCUT2D eigenvalue weighted by atomic mass is 32.2. The standard InChI is InChI=1S/C15H25NS/c1-11(2)13-6-8-14(9-7-13)17-10-15(16-5)12(3)4/h6-9,11-12,15-16H,10H2,1-5H3. The highest BCUT2D eigenvalue weighted by Gasteiger charge is 2.10. The Kier molecular flexibility index (Phi) is 6.07. The summed E-state index contributed by atoms with van der Waals surface area (Å²) < 4.78 is 0. The molecule has 0 aliphatic rings. The number of nitrogens with one attached hydrogen (secondary N) is 1. The van der Waals surface area contributed by atoms with Gasteiger partial charge in [0.1, 0.15) is 0 Å². The summed E-state index contributed by atoms with van der Waals surface area (Å²) in [5.74, 6) is 2.44. The van der Waals surface area contributed by atoms with Gasteiger partial charge in [0.25, 0.3) is 0 Å². The van der Waals surface area contributed by atoms with E-state index in [1.165, 1.54) is 10.5 Å². The van der Waals surface area contributed by atoms with Crippen molar-refractivity contribution in [3.8, 4) is 0 Å². The van der Waals surface area contributed by atoms with E-state index in [0.29, 0.717) is 17.9 Å². The Balaban J connectivity index is 2.52. The third-order valence-electron chi connectivity index (χ3n) is 3.15. The van der Waals surface area contributed by atoms with Crippen molar-refractivity contribution in [2.45, 2.75) is 44.6 Å². The van der Waals surface area contributed by atoms with Gasteiger partial charge in [-0.2, -0.15) is 0 Å². The van der Waals surface area contributed by atoms with E-state index >= 15 is 0 Å². The summed E-state index contributed by atoms with van der Waals surface area (Å²) in [6.07, 6.45) is 0. The minimum atomic E-state index is 0.588. The third kappa shape index (κ3) is 4.72. The summed E-state index contributed by atoms with van der Waals surface area (Å²) in [6, 6.07) is 9.57. The predicted octanol–water partition coefficient (Wildman–Crippen LogP) is 4.15. The Bertz CT molecular complexity index is 316. The van der Waals surface area contributed by atoms with Crippen LogP contribution in [0.1, 0.15) is 39.2 Å². The van der Waals surface area contributed by atoms with Crippen LogP contribution in [0, 0.1) is 5.92 Å². The number of hydrogen-bond donors (Lipinski definition) is 1. The SMILES string of the molecule is CNC(CSc1ccc(C(C)C)cc1)C(C)C. The van der Waals surface area contributed by atoms with Gasteiger partial charge in [-0.1, -0.05) is 39.8 Å². The number of thioether (sulfide) groups is 1. The molecule has 0 fully saturated rings. The molecule has 1 aromatic rings. The van der Waals surface area contributed by atoms with Gasteiger partial charge in [0.2, 0.25) is 0 Å². The fourth-order valence-corrected chi connectivity index (χ4v) is 3.00. The highest BCUT2D eigenvalue weighted by Crippen LogP contribution is 2.23. The number of benzene rings is 1. The van der Waals surface area contributed by atoms with Crippen LogP contribution >= 0.6 is 11.8 Å². The van der Waals surface area contributed by atoms with Gasteiger partial charge in [0, 0.05) is 16.7 Å². The second-order valence-corrected chi connectivity index (χ2v) is 6.27. The molecule has 17 heavy (non-hydrogen) atoms. The number of hydrogen-bond acceptors (Lipinski definition) is 2. The van der Waals surface area contributed by atoms with Crippen molar-refractivity contribution in [1.29, 1.82) is 0 Å². The lowest BCUT2D eigenvalue weighted by Crippen LogP contribution is -2.32. The van der Waals surface area contributed by atoms with Crippen molar-refractivity contribution in [3.05, 3.63) is 29.8 Å². The van der Waals surface area contributed by atoms with Crippen LogP contribution in [0.3, 0.4) is 0 Å². The molecule has 1 N–H and O–H groups in total. The predicted molar refractivity (Wildman–Crippen MR) is 78.9 cm³/mol. The van der Waals surface area contributed by atoms with E-state index in [-0.39, 0.29) is 0 Å². The summed E-state index contributed by atoms with van der Waals surface area (Å²) in [5.41, 5.74) is 1.42. The molecule has 1 atom stereocenters. The van der Waals surface area contributed by atoms with E-state index in [4.69, 9.17) is 0 Å². The maximum Gasteiger partial charge on any atom is 0.0181 e. The third-order valence-corrected chi connectivity index (χ3v) is 4.28. The first-order valence-corrected chi connectivity index (χ1v) is 7.43. The quantitative estimate of drug-likeness (QED) is 0.762. The zero-order valence-corrected chi connectivity index (χ0v) is 12.5. The lowest BCUT2D eigenvalue weighted by atomic mass is 10.0. The molecule has 1 nitrogen and oxygen atoms in total. The molecule has 0 aliphatic carbocycles. The van der Waals surface area contributed by atoms with Gasteiger partial charge in [0.05, 0.1) is 0 Å². The zero-order chi connectivity index (χ0) is 12.8. The van der Waals surface area contributed by atoms with E-state index in [1.807, 2.05) is 18.8 Å². The van der Waals surface area contributed by atoms with Crippen molar-refractivity contribution >= 4 is 11.8 Å². The van der Waals surface area contributed by atoms with E-state index < -0.39 is 0 Å². The largest absolute Gasteiger partial charge is 0.316 e. The Morgan fingerprint density at radius 3 is 2.06 bits per heavy atom. The molecule has 0 heterocycles. The fourth-order valence-electron chi connectivity index (χ4n) is 1.74. The average Bonchev–Trinajstić information content (AvgIpc) is 2.30. The second-order valence-electron chi connectivity index (χ2n) is 5.17. The first-order valence-electron chi connectivity index (χ1n) is 6.44. The molecule has 0 aromatic heterocycles.